The molecule has 1 aromatic carbocycles. The Balaban J connectivity index is 1.98. The molecule has 4 heteroatoms. The van der Waals surface area contributed by atoms with Gasteiger partial charge in [-0.25, -0.2) is 4.98 Å². The number of aromatic nitrogens is 2. The van der Waals surface area contributed by atoms with Crippen LogP contribution in [0.4, 0.5) is 0 Å². The van der Waals surface area contributed by atoms with Gasteiger partial charge in [-0.2, -0.15) is 0 Å². The molecule has 2 aromatic rings. The van der Waals surface area contributed by atoms with Gasteiger partial charge >= 0.3 is 0 Å². The highest BCUT2D eigenvalue weighted by Gasteiger charge is 2.20. The van der Waals surface area contributed by atoms with E-state index >= 15 is 0 Å². The Hall–Kier alpha value is -1.26. The maximum atomic E-state index is 4.31. The minimum absolute atomic E-state index is 0.449. The molecule has 0 aliphatic carbocycles. The average Bonchev–Trinajstić information content (AvgIpc) is 3.09. The van der Waals surface area contributed by atoms with E-state index in [2.05, 4.69) is 45.4 Å². The summed E-state index contributed by atoms with van der Waals surface area (Å²) in [5, 5.41) is 3.53. The van der Waals surface area contributed by atoms with Gasteiger partial charge in [-0.15, -0.1) is 11.8 Å². The quantitative estimate of drug-likeness (QED) is 0.859. The first kappa shape index (κ1) is 11.8. The molecule has 0 spiro atoms. The van der Waals surface area contributed by atoms with Gasteiger partial charge in [0.15, 0.2) is 0 Å². The third kappa shape index (κ3) is 2.18. The SMILES string of the molecule is CSc1cccc(-n2cncc2[C@@H]2CCCN2)c1. The fourth-order valence-electron chi connectivity index (χ4n) is 2.48. The summed E-state index contributed by atoms with van der Waals surface area (Å²) in [6.45, 7) is 1.11. The zero-order valence-corrected chi connectivity index (χ0v) is 11.3. The van der Waals surface area contributed by atoms with E-state index in [0.29, 0.717) is 6.04 Å². The number of benzene rings is 1. The van der Waals surface area contributed by atoms with Gasteiger partial charge in [-0.05, 0) is 43.8 Å². The van der Waals surface area contributed by atoms with Gasteiger partial charge < -0.3 is 9.88 Å². The first-order chi connectivity index (χ1) is 8.88. The average molecular weight is 259 g/mol. The lowest BCUT2D eigenvalue weighted by molar-refractivity contribution is 0.615. The molecular formula is C14H17N3S. The van der Waals surface area contributed by atoms with Gasteiger partial charge in [0, 0.05) is 16.6 Å². The summed E-state index contributed by atoms with van der Waals surface area (Å²) >= 11 is 1.77. The molecule has 0 saturated carbocycles. The minimum Gasteiger partial charge on any atom is -0.309 e. The summed E-state index contributed by atoms with van der Waals surface area (Å²) in [4.78, 5) is 5.60. The first-order valence-electron chi connectivity index (χ1n) is 6.28. The zero-order valence-electron chi connectivity index (χ0n) is 10.5. The van der Waals surface area contributed by atoms with E-state index in [4.69, 9.17) is 0 Å². The lowest BCUT2D eigenvalue weighted by Gasteiger charge is -2.14. The molecule has 18 heavy (non-hydrogen) atoms. The molecule has 3 nitrogen and oxygen atoms in total. The molecule has 0 radical (unpaired) electrons. The van der Waals surface area contributed by atoms with E-state index in [9.17, 15) is 0 Å². The van der Waals surface area contributed by atoms with Crippen LogP contribution in [0, 0.1) is 0 Å². The zero-order chi connectivity index (χ0) is 12.4. The maximum Gasteiger partial charge on any atom is 0.0994 e. The second kappa shape index (κ2) is 5.16. The molecule has 1 N–H and O–H groups in total. The van der Waals surface area contributed by atoms with Crippen LogP contribution in [0.3, 0.4) is 0 Å². The molecule has 3 rings (SSSR count). The fraction of sp³-hybridized carbons (Fsp3) is 0.357. The van der Waals surface area contributed by atoms with Gasteiger partial charge in [-0.3, -0.25) is 0 Å². The van der Waals surface area contributed by atoms with E-state index in [1.165, 1.54) is 29.1 Å². The topological polar surface area (TPSA) is 29.9 Å². The van der Waals surface area contributed by atoms with Gasteiger partial charge in [0.05, 0.1) is 18.2 Å². The van der Waals surface area contributed by atoms with Crippen LogP contribution in [0.2, 0.25) is 0 Å². The molecule has 2 heterocycles. The van der Waals surface area contributed by atoms with Crippen molar-refractivity contribution in [2.24, 2.45) is 0 Å². The lowest BCUT2D eigenvalue weighted by Crippen LogP contribution is -2.16. The summed E-state index contributed by atoms with van der Waals surface area (Å²) < 4.78 is 2.20. The Bertz CT molecular complexity index is 529. The number of nitrogens with zero attached hydrogens (tertiary/aromatic N) is 2. The van der Waals surface area contributed by atoms with Crippen molar-refractivity contribution in [2.45, 2.75) is 23.8 Å². The summed E-state index contributed by atoms with van der Waals surface area (Å²) in [6, 6.07) is 9.04. The molecule has 1 atom stereocenters. The van der Waals surface area contributed by atoms with Crippen LogP contribution < -0.4 is 5.32 Å². The van der Waals surface area contributed by atoms with Crippen LogP contribution in [-0.2, 0) is 0 Å². The van der Waals surface area contributed by atoms with Crippen molar-refractivity contribution < 1.29 is 0 Å². The van der Waals surface area contributed by atoms with E-state index in [-0.39, 0.29) is 0 Å². The fourth-order valence-corrected chi connectivity index (χ4v) is 2.93. The van der Waals surface area contributed by atoms with E-state index in [1.54, 1.807) is 11.8 Å². The highest BCUT2D eigenvalue weighted by Crippen LogP contribution is 2.26. The first-order valence-corrected chi connectivity index (χ1v) is 7.51. The van der Waals surface area contributed by atoms with Crippen molar-refractivity contribution in [3.63, 3.8) is 0 Å². The summed E-state index contributed by atoms with van der Waals surface area (Å²) in [6.07, 6.45) is 8.45. The Morgan fingerprint density at radius 1 is 1.44 bits per heavy atom. The molecule has 0 amide bonds. The number of rotatable bonds is 3. The van der Waals surface area contributed by atoms with Gasteiger partial charge in [0.25, 0.3) is 0 Å². The standard InChI is InChI=1S/C14H17N3S/c1-18-12-5-2-4-11(8-12)17-10-15-9-14(17)13-6-3-7-16-13/h2,4-5,8-10,13,16H,3,6-7H2,1H3/t13-/m0/s1. The summed E-state index contributed by atoms with van der Waals surface area (Å²) in [5.74, 6) is 0. The minimum atomic E-state index is 0.449. The van der Waals surface area contributed by atoms with E-state index in [0.717, 1.165) is 6.54 Å². The Morgan fingerprint density at radius 2 is 2.39 bits per heavy atom. The van der Waals surface area contributed by atoms with Crippen molar-refractivity contribution in [3.05, 3.63) is 42.5 Å². The third-order valence-electron chi connectivity index (χ3n) is 3.42. The second-order valence-electron chi connectivity index (χ2n) is 4.54. The van der Waals surface area contributed by atoms with Gasteiger partial charge in [0.2, 0.25) is 0 Å². The molecule has 0 unspecified atom stereocenters. The number of hydrogen-bond donors (Lipinski definition) is 1. The third-order valence-corrected chi connectivity index (χ3v) is 4.14. The van der Waals surface area contributed by atoms with Crippen LogP contribution in [0.25, 0.3) is 5.69 Å². The Morgan fingerprint density at radius 3 is 3.17 bits per heavy atom. The predicted molar refractivity (Wildman–Crippen MR) is 75.3 cm³/mol. The van der Waals surface area contributed by atoms with Crippen LogP contribution in [0.15, 0.2) is 41.7 Å². The van der Waals surface area contributed by atoms with Crippen LogP contribution >= 0.6 is 11.8 Å². The number of imidazole rings is 1. The van der Waals surface area contributed by atoms with Crippen molar-refractivity contribution in [1.29, 1.82) is 0 Å². The molecular weight excluding hydrogens is 242 g/mol. The molecule has 1 aliphatic rings. The highest BCUT2D eigenvalue weighted by atomic mass is 32.2. The van der Waals surface area contributed by atoms with Crippen molar-refractivity contribution in [2.75, 3.05) is 12.8 Å². The van der Waals surface area contributed by atoms with Crippen LogP contribution in [0.5, 0.6) is 0 Å². The molecule has 1 aromatic heterocycles. The Kier molecular flexibility index (Phi) is 3.39. The number of thioether (sulfide) groups is 1. The molecule has 1 fully saturated rings. The number of nitrogens with one attached hydrogen (secondary N) is 1. The summed E-state index contributed by atoms with van der Waals surface area (Å²) in [5.41, 5.74) is 2.47. The summed E-state index contributed by atoms with van der Waals surface area (Å²) in [7, 11) is 0. The van der Waals surface area contributed by atoms with Crippen LogP contribution in [0.1, 0.15) is 24.6 Å². The van der Waals surface area contributed by atoms with Crippen molar-refractivity contribution >= 4 is 11.8 Å². The lowest BCUT2D eigenvalue weighted by atomic mass is 10.1. The Labute approximate surface area is 112 Å². The van der Waals surface area contributed by atoms with Crippen molar-refractivity contribution in [1.82, 2.24) is 14.9 Å². The normalized spacial score (nSPS) is 19.3. The van der Waals surface area contributed by atoms with Gasteiger partial charge in [0.1, 0.15) is 0 Å². The smallest absolute Gasteiger partial charge is 0.0994 e. The molecule has 94 valence electrons. The second-order valence-corrected chi connectivity index (χ2v) is 5.42. The largest absolute Gasteiger partial charge is 0.309 e. The molecule has 1 saturated heterocycles. The van der Waals surface area contributed by atoms with E-state index in [1.807, 2.05) is 12.5 Å². The molecule has 1 aliphatic heterocycles. The van der Waals surface area contributed by atoms with Crippen LogP contribution in [-0.4, -0.2) is 22.4 Å². The number of hydrogen-bond acceptors (Lipinski definition) is 3. The van der Waals surface area contributed by atoms with Crippen molar-refractivity contribution in [3.8, 4) is 5.69 Å². The highest BCUT2D eigenvalue weighted by molar-refractivity contribution is 7.98. The van der Waals surface area contributed by atoms with E-state index < -0.39 is 0 Å². The predicted octanol–water partition coefficient (Wildman–Crippen LogP) is 3.02. The monoisotopic (exact) mass is 259 g/mol. The maximum absolute atomic E-state index is 4.31. The van der Waals surface area contributed by atoms with Gasteiger partial charge in [-0.1, -0.05) is 6.07 Å². The molecule has 0 bridgehead atoms.